The summed E-state index contributed by atoms with van der Waals surface area (Å²) in [6, 6.07) is 14.7. The number of rotatable bonds is 4. The van der Waals surface area contributed by atoms with Crippen LogP contribution in [0.5, 0.6) is 0 Å². The summed E-state index contributed by atoms with van der Waals surface area (Å²) in [6.07, 6.45) is 1.52. The summed E-state index contributed by atoms with van der Waals surface area (Å²) in [7, 11) is 0. The van der Waals surface area contributed by atoms with Crippen LogP contribution in [0.3, 0.4) is 0 Å². The monoisotopic (exact) mass is 354 g/mol. The second-order valence-corrected chi connectivity index (χ2v) is 7.32. The van der Waals surface area contributed by atoms with Crippen molar-refractivity contribution in [1.82, 2.24) is 9.88 Å². The summed E-state index contributed by atoms with van der Waals surface area (Å²) in [5, 5.41) is 3.65. The van der Waals surface area contributed by atoms with Gasteiger partial charge in [0.15, 0.2) is 0 Å². The molecule has 0 radical (unpaired) electrons. The summed E-state index contributed by atoms with van der Waals surface area (Å²) in [5.41, 5.74) is 2.58. The number of nitrogens with zero attached hydrogens (tertiary/aromatic N) is 1. The fourth-order valence-corrected chi connectivity index (χ4v) is 2.83. The van der Waals surface area contributed by atoms with E-state index < -0.39 is 11.7 Å². The van der Waals surface area contributed by atoms with Crippen molar-refractivity contribution < 1.29 is 13.9 Å². The molecule has 0 atom stereocenters. The smallest absolute Gasteiger partial charge is 0.407 e. The summed E-state index contributed by atoms with van der Waals surface area (Å²) in [6.45, 7) is 6.58. The number of aromatic nitrogens is 1. The van der Waals surface area contributed by atoms with Gasteiger partial charge in [0, 0.05) is 30.2 Å². The van der Waals surface area contributed by atoms with Gasteiger partial charge in [0.05, 0.1) is 0 Å². The van der Waals surface area contributed by atoms with Gasteiger partial charge < -0.3 is 14.6 Å². The van der Waals surface area contributed by atoms with Gasteiger partial charge in [-0.15, -0.1) is 0 Å². The Morgan fingerprint density at radius 2 is 1.88 bits per heavy atom. The molecule has 2 aromatic carbocycles. The van der Waals surface area contributed by atoms with Crippen molar-refractivity contribution in [2.75, 3.05) is 0 Å². The number of hydrogen-bond donors (Lipinski definition) is 1. The third-order valence-corrected chi connectivity index (χ3v) is 3.91. The topological polar surface area (TPSA) is 43.3 Å². The Balaban J connectivity index is 1.68. The van der Waals surface area contributed by atoms with Gasteiger partial charge >= 0.3 is 6.09 Å². The lowest BCUT2D eigenvalue weighted by atomic mass is 10.1. The van der Waals surface area contributed by atoms with Crippen LogP contribution in [0.2, 0.25) is 0 Å². The van der Waals surface area contributed by atoms with E-state index in [0.717, 1.165) is 22.0 Å². The van der Waals surface area contributed by atoms with Crippen molar-refractivity contribution in [2.24, 2.45) is 0 Å². The van der Waals surface area contributed by atoms with Crippen molar-refractivity contribution in [1.29, 1.82) is 0 Å². The molecule has 1 heterocycles. The second-order valence-electron chi connectivity index (χ2n) is 7.32. The first kappa shape index (κ1) is 18.0. The number of alkyl carbamates (subject to hydrolysis) is 1. The molecule has 0 aliphatic rings. The molecule has 0 aliphatic carbocycles. The highest BCUT2D eigenvalue weighted by atomic mass is 19.1. The summed E-state index contributed by atoms with van der Waals surface area (Å²) >= 11 is 0. The number of hydrogen-bond acceptors (Lipinski definition) is 2. The van der Waals surface area contributed by atoms with E-state index in [1.165, 1.54) is 12.1 Å². The molecule has 0 saturated heterocycles. The molecule has 1 aromatic heterocycles. The van der Waals surface area contributed by atoms with Crippen molar-refractivity contribution in [3.05, 3.63) is 71.7 Å². The van der Waals surface area contributed by atoms with Crippen molar-refractivity contribution in [3.63, 3.8) is 0 Å². The molecule has 26 heavy (non-hydrogen) atoms. The maximum absolute atomic E-state index is 13.3. The Bertz CT molecular complexity index is 925. The van der Waals surface area contributed by atoms with Gasteiger partial charge in [-0.2, -0.15) is 0 Å². The van der Waals surface area contributed by atoms with Crippen molar-refractivity contribution in [3.8, 4) is 0 Å². The number of carbonyl (C=O) groups excluding carboxylic acids is 1. The molecule has 0 aliphatic heterocycles. The number of amides is 1. The van der Waals surface area contributed by atoms with Crippen LogP contribution >= 0.6 is 0 Å². The van der Waals surface area contributed by atoms with E-state index in [9.17, 15) is 9.18 Å². The molecule has 0 saturated carbocycles. The van der Waals surface area contributed by atoms with Gasteiger partial charge in [0.25, 0.3) is 0 Å². The van der Waals surface area contributed by atoms with E-state index in [-0.39, 0.29) is 5.82 Å². The first-order chi connectivity index (χ1) is 12.3. The quantitative estimate of drug-likeness (QED) is 0.727. The zero-order valence-corrected chi connectivity index (χ0v) is 15.3. The van der Waals surface area contributed by atoms with Crippen LogP contribution in [0.1, 0.15) is 31.9 Å². The molecule has 1 amide bonds. The van der Waals surface area contributed by atoms with E-state index in [0.29, 0.717) is 13.1 Å². The second kappa shape index (κ2) is 7.20. The highest BCUT2D eigenvalue weighted by Gasteiger charge is 2.15. The van der Waals surface area contributed by atoms with Gasteiger partial charge in [0.1, 0.15) is 11.4 Å². The maximum atomic E-state index is 13.3. The van der Waals surface area contributed by atoms with Crippen LogP contribution in [-0.2, 0) is 17.8 Å². The average Bonchev–Trinajstić information content (AvgIpc) is 2.94. The predicted molar refractivity (Wildman–Crippen MR) is 101 cm³/mol. The Morgan fingerprint density at radius 3 is 2.65 bits per heavy atom. The van der Waals surface area contributed by atoms with Gasteiger partial charge in [-0.05, 0) is 56.2 Å². The molecule has 1 N–H and O–H groups in total. The third-order valence-electron chi connectivity index (χ3n) is 3.91. The molecule has 4 nitrogen and oxygen atoms in total. The number of ether oxygens (including phenoxy) is 1. The van der Waals surface area contributed by atoms with E-state index in [1.54, 1.807) is 6.07 Å². The molecule has 136 valence electrons. The van der Waals surface area contributed by atoms with Gasteiger partial charge in [-0.3, -0.25) is 0 Å². The number of carbonyl (C=O) groups is 1. The normalized spacial score (nSPS) is 11.5. The van der Waals surface area contributed by atoms with Gasteiger partial charge in [-0.25, -0.2) is 9.18 Å². The number of halogens is 1. The Morgan fingerprint density at radius 1 is 1.12 bits per heavy atom. The summed E-state index contributed by atoms with van der Waals surface area (Å²) in [4.78, 5) is 11.8. The zero-order valence-electron chi connectivity index (χ0n) is 15.3. The summed E-state index contributed by atoms with van der Waals surface area (Å²) < 4.78 is 20.7. The third kappa shape index (κ3) is 4.63. The minimum atomic E-state index is -0.513. The van der Waals surface area contributed by atoms with E-state index in [1.807, 2.05) is 57.3 Å². The molecular formula is C21H23FN2O2. The van der Waals surface area contributed by atoms with Gasteiger partial charge in [0.2, 0.25) is 0 Å². The highest BCUT2D eigenvalue weighted by molar-refractivity contribution is 5.80. The SMILES string of the molecule is CC(C)(C)OC(=O)NCc1cccc(Cn2ccc3cc(F)ccc32)c1. The van der Waals surface area contributed by atoms with E-state index in [2.05, 4.69) is 9.88 Å². The van der Waals surface area contributed by atoms with E-state index in [4.69, 9.17) is 4.74 Å². The van der Waals surface area contributed by atoms with Crippen LogP contribution in [0.4, 0.5) is 9.18 Å². The lowest BCUT2D eigenvalue weighted by Crippen LogP contribution is -2.32. The first-order valence-corrected chi connectivity index (χ1v) is 8.59. The van der Waals surface area contributed by atoms with Crippen molar-refractivity contribution >= 4 is 17.0 Å². The lowest BCUT2D eigenvalue weighted by Gasteiger charge is -2.19. The predicted octanol–water partition coefficient (Wildman–Crippen LogP) is 4.85. The number of nitrogens with one attached hydrogen (secondary N) is 1. The fourth-order valence-electron chi connectivity index (χ4n) is 2.83. The van der Waals surface area contributed by atoms with Gasteiger partial charge in [-0.1, -0.05) is 24.3 Å². The van der Waals surface area contributed by atoms with Crippen LogP contribution < -0.4 is 5.32 Å². The summed E-state index contributed by atoms with van der Waals surface area (Å²) in [5.74, 6) is -0.231. The molecule has 0 unspecified atom stereocenters. The Hall–Kier alpha value is -2.82. The molecule has 0 spiro atoms. The molecule has 0 bridgehead atoms. The minimum Gasteiger partial charge on any atom is -0.444 e. The van der Waals surface area contributed by atoms with E-state index >= 15 is 0 Å². The van der Waals surface area contributed by atoms with Crippen LogP contribution in [-0.4, -0.2) is 16.3 Å². The van der Waals surface area contributed by atoms with Crippen LogP contribution in [0, 0.1) is 5.82 Å². The molecule has 5 heteroatoms. The van der Waals surface area contributed by atoms with Crippen LogP contribution in [0.15, 0.2) is 54.7 Å². The first-order valence-electron chi connectivity index (χ1n) is 8.59. The average molecular weight is 354 g/mol. The fraction of sp³-hybridized carbons (Fsp3) is 0.286. The largest absolute Gasteiger partial charge is 0.444 e. The standard InChI is InChI=1S/C21H23FN2O2/c1-21(2,3)26-20(25)23-13-15-5-4-6-16(11-15)14-24-10-9-17-12-18(22)7-8-19(17)24/h4-12H,13-14H2,1-3H3,(H,23,25). The highest BCUT2D eigenvalue weighted by Crippen LogP contribution is 2.19. The maximum Gasteiger partial charge on any atom is 0.407 e. The Kier molecular flexibility index (Phi) is 4.98. The molecule has 3 rings (SSSR count). The van der Waals surface area contributed by atoms with Crippen molar-refractivity contribution in [2.45, 2.75) is 39.5 Å². The molecule has 3 aromatic rings. The number of fused-ring (bicyclic) bond motifs is 1. The zero-order chi connectivity index (χ0) is 18.7. The Labute approximate surface area is 152 Å². The molecular weight excluding hydrogens is 331 g/mol. The lowest BCUT2D eigenvalue weighted by molar-refractivity contribution is 0.0523. The molecule has 0 fully saturated rings. The van der Waals surface area contributed by atoms with Crippen LogP contribution in [0.25, 0.3) is 10.9 Å². The number of benzene rings is 2. The minimum absolute atomic E-state index is 0.231.